The second-order valence-corrected chi connectivity index (χ2v) is 5.81. The van der Waals surface area contributed by atoms with E-state index in [1.165, 1.54) is 37.1 Å². The van der Waals surface area contributed by atoms with E-state index in [0.717, 1.165) is 12.5 Å². The molecule has 0 saturated carbocycles. The number of likely N-dealkylation sites (tertiary alicyclic amines) is 1. The van der Waals surface area contributed by atoms with E-state index in [1.807, 2.05) is 0 Å². The van der Waals surface area contributed by atoms with Gasteiger partial charge in [-0.1, -0.05) is 29.8 Å². The highest BCUT2D eigenvalue weighted by Crippen LogP contribution is 2.17. The standard InChI is InChI=1S/C16H26N2/c1-13-6-8-16(9-7-13)14(2)17-11-15-5-4-10-18(3)12-15/h6-9,14-15,17H,4-5,10-12H2,1-3H3/t14-,15?/m0/s1. The molecule has 1 aromatic rings. The number of hydrogen-bond acceptors (Lipinski definition) is 2. The van der Waals surface area contributed by atoms with Gasteiger partial charge in [-0.3, -0.25) is 0 Å². The Morgan fingerprint density at radius 1 is 1.33 bits per heavy atom. The molecule has 1 N–H and O–H groups in total. The molecule has 1 aliphatic heterocycles. The maximum absolute atomic E-state index is 3.68. The zero-order valence-electron chi connectivity index (χ0n) is 11.9. The Hall–Kier alpha value is -0.860. The van der Waals surface area contributed by atoms with E-state index in [0.29, 0.717) is 6.04 Å². The molecule has 0 aliphatic carbocycles. The zero-order valence-corrected chi connectivity index (χ0v) is 11.9. The fraction of sp³-hybridized carbons (Fsp3) is 0.625. The molecule has 1 heterocycles. The van der Waals surface area contributed by atoms with Crippen LogP contribution in [0.25, 0.3) is 0 Å². The molecule has 2 nitrogen and oxygen atoms in total. The average molecular weight is 246 g/mol. The van der Waals surface area contributed by atoms with Crippen molar-refractivity contribution >= 4 is 0 Å². The molecule has 2 rings (SSSR count). The van der Waals surface area contributed by atoms with Gasteiger partial charge in [0.25, 0.3) is 0 Å². The Bertz CT molecular complexity index is 358. The molecule has 1 saturated heterocycles. The monoisotopic (exact) mass is 246 g/mol. The highest BCUT2D eigenvalue weighted by molar-refractivity contribution is 5.23. The van der Waals surface area contributed by atoms with E-state index in [9.17, 15) is 0 Å². The molecule has 100 valence electrons. The molecule has 1 fully saturated rings. The van der Waals surface area contributed by atoms with Gasteiger partial charge in [0.2, 0.25) is 0 Å². The summed E-state index contributed by atoms with van der Waals surface area (Å²) in [5.41, 5.74) is 2.73. The lowest BCUT2D eigenvalue weighted by atomic mass is 9.97. The van der Waals surface area contributed by atoms with Crippen LogP contribution < -0.4 is 5.32 Å². The quantitative estimate of drug-likeness (QED) is 0.878. The normalized spacial score (nSPS) is 22.9. The average Bonchev–Trinajstić information content (AvgIpc) is 2.37. The molecular weight excluding hydrogens is 220 g/mol. The van der Waals surface area contributed by atoms with Crippen LogP contribution in [0.15, 0.2) is 24.3 Å². The van der Waals surface area contributed by atoms with Crippen LogP contribution in [0.5, 0.6) is 0 Å². The van der Waals surface area contributed by atoms with Crippen molar-refractivity contribution in [2.24, 2.45) is 5.92 Å². The summed E-state index contributed by atoms with van der Waals surface area (Å²) >= 11 is 0. The summed E-state index contributed by atoms with van der Waals surface area (Å²) < 4.78 is 0. The lowest BCUT2D eigenvalue weighted by Crippen LogP contribution is -2.37. The fourth-order valence-corrected chi connectivity index (χ4v) is 2.76. The van der Waals surface area contributed by atoms with Crippen molar-refractivity contribution < 1.29 is 0 Å². The Morgan fingerprint density at radius 2 is 2.06 bits per heavy atom. The van der Waals surface area contributed by atoms with Crippen LogP contribution in [-0.2, 0) is 0 Å². The van der Waals surface area contributed by atoms with Crippen LogP contribution in [0.4, 0.5) is 0 Å². The second kappa shape index (κ2) is 6.35. The molecule has 0 spiro atoms. The lowest BCUT2D eigenvalue weighted by molar-refractivity contribution is 0.203. The van der Waals surface area contributed by atoms with Crippen molar-refractivity contribution in [1.29, 1.82) is 0 Å². The van der Waals surface area contributed by atoms with Crippen molar-refractivity contribution in [3.63, 3.8) is 0 Å². The van der Waals surface area contributed by atoms with Crippen LogP contribution in [0.2, 0.25) is 0 Å². The van der Waals surface area contributed by atoms with E-state index in [1.54, 1.807) is 0 Å². The Balaban J connectivity index is 1.80. The van der Waals surface area contributed by atoms with Gasteiger partial charge in [-0.2, -0.15) is 0 Å². The first-order valence-corrected chi connectivity index (χ1v) is 7.13. The van der Waals surface area contributed by atoms with Crippen LogP contribution in [-0.4, -0.2) is 31.6 Å². The van der Waals surface area contributed by atoms with Crippen LogP contribution >= 0.6 is 0 Å². The molecule has 0 aromatic heterocycles. The second-order valence-electron chi connectivity index (χ2n) is 5.81. The largest absolute Gasteiger partial charge is 0.310 e. The third kappa shape index (κ3) is 3.82. The number of aryl methyl sites for hydroxylation is 1. The summed E-state index contributed by atoms with van der Waals surface area (Å²) in [6, 6.07) is 9.32. The summed E-state index contributed by atoms with van der Waals surface area (Å²) in [5, 5.41) is 3.68. The van der Waals surface area contributed by atoms with Gasteiger partial charge in [-0.05, 0) is 58.3 Å². The van der Waals surface area contributed by atoms with Gasteiger partial charge in [0.1, 0.15) is 0 Å². The molecule has 2 atom stereocenters. The lowest BCUT2D eigenvalue weighted by Gasteiger charge is -2.30. The minimum atomic E-state index is 0.456. The van der Waals surface area contributed by atoms with Gasteiger partial charge in [0.05, 0.1) is 0 Å². The summed E-state index contributed by atoms with van der Waals surface area (Å²) in [7, 11) is 2.23. The predicted molar refractivity (Wildman–Crippen MR) is 77.8 cm³/mol. The van der Waals surface area contributed by atoms with E-state index >= 15 is 0 Å². The van der Waals surface area contributed by atoms with Gasteiger partial charge in [0.15, 0.2) is 0 Å². The van der Waals surface area contributed by atoms with E-state index in [4.69, 9.17) is 0 Å². The van der Waals surface area contributed by atoms with Gasteiger partial charge >= 0.3 is 0 Å². The fourth-order valence-electron chi connectivity index (χ4n) is 2.76. The molecule has 0 bridgehead atoms. The van der Waals surface area contributed by atoms with Crippen molar-refractivity contribution in [3.05, 3.63) is 35.4 Å². The number of rotatable bonds is 4. The topological polar surface area (TPSA) is 15.3 Å². The highest BCUT2D eigenvalue weighted by atomic mass is 15.1. The molecule has 1 unspecified atom stereocenters. The van der Waals surface area contributed by atoms with Crippen LogP contribution in [0.3, 0.4) is 0 Å². The number of benzene rings is 1. The van der Waals surface area contributed by atoms with Gasteiger partial charge in [-0.25, -0.2) is 0 Å². The zero-order chi connectivity index (χ0) is 13.0. The van der Waals surface area contributed by atoms with Crippen LogP contribution in [0, 0.1) is 12.8 Å². The maximum atomic E-state index is 3.68. The minimum absolute atomic E-state index is 0.456. The smallest absolute Gasteiger partial charge is 0.0291 e. The van der Waals surface area contributed by atoms with Crippen molar-refractivity contribution in [2.75, 3.05) is 26.7 Å². The molecule has 1 aliphatic rings. The summed E-state index contributed by atoms with van der Waals surface area (Å²) in [5.74, 6) is 0.816. The van der Waals surface area contributed by atoms with E-state index < -0.39 is 0 Å². The maximum Gasteiger partial charge on any atom is 0.0291 e. The Labute approximate surface area is 111 Å². The highest BCUT2D eigenvalue weighted by Gasteiger charge is 2.17. The molecule has 0 radical (unpaired) electrons. The molecular formula is C16H26N2. The van der Waals surface area contributed by atoms with Crippen molar-refractivity contribution in [3.8, 4) is 0 Å². The number of piperidine rings is 1. The first-order valence-electron chi connectivity index (χ1n) is 7.13. The van der Waals surface area contributed by atoms with Gasteiger partial charge in [-0.15, -0.1) is 0 Å². The number of hydrogen-bond donors (Lipinski definition) is 1. The summed E-state index contributed by atoms with van der Waals surface area (Å²) in [4.78, 5) is 2.45. The third-order valence-corrected chi connectivity index (χ3v) is 4.01. The van der Waals surface area contributed by atoms with Crippen molar-refractivity contribution in [1.82, 2.24) is 10.2 Å². The summed E-state index contributed by atoms with van der Waals surface area (Å²) in [6.07, 6.45) is 2.72. The Morgan fingerprint density at radius 3 is 2.72 bits per heavy atom. The molecule has 18 heavy (non-hydrogen) atoms. The first-order chi connectivity index (χ1) is 8.65. The molecule has 1 aromatic carbocycles. The van der Waals surface area contributed by atoms with E-state index in [2.05, 4.69) is 55.4 Å². The van der Waals surface area contributed by atoms with E-state index in [-0.39, 0.29) is 0 Å². The molecule has 0 amide bonds. The minimum Gasteiger partial charge on any atom is -0.310 e. The first kappa shape index (κ1) is 13.6. The number of nitrogens with one attached hydrogen (secondary N) is 1. The molecule has 2 heteroatoms. The number of nitrogens with zero attached hydrogens (tertiary/aromatic N) is 1. The SMILES string of the molecule is Cc1ccc([C@H](C)NCC2CCCN(C)C2)cc1. The Kier molecular flexibility index (Phi) is 4.79. The van der Waals surface area contributed by atoms with Gasteiger partial charge in [0, 0.05) is 12.6 Å². The van der Waals surface area contributed by atoms with Crippen molar-refractivity contribution in [2.45, 2.75) is 32.7 Å². The summed E-state index contributed by atoms with van der Waals surface area (Å²) in [6.45, 7) is 8.05. The third-order valence-electron chi connectivity index (χ3n) is 4.01. The predicted octanol–water partition coefficient (Wildman–Crippen LogP) is 2.99. The van der Waals surface area contributed by atoms with Gasteiger partial charge < -0.3 is 10.2 Å². The van der Waals surface area contributed by atoms with Crippen LogP contribution in [0.1, 0.15) is 36.9 Å².